The van der Waals surface area contributed by atoms with Gasteiger partial charge < -0.3 is 11.5 Å². The summed E-state index contributed by atoms with van der Waals surface area (Å²) >= 11 is 1.34. The maximum atomic E-state index is 12.2. The van der Waals surface area contributed by atoms with Crippen LogP contribution in [0.3, 0.4) is 0 Å². The second kappa shape index (κ2) is 11.2. The van der Waals surface area contributed by atoms with Crippen molar-refractivity contribution >= 4 is 28.2 Å². The molecule has 4 N–H and O–H groups in total. The van der Waals surface area contributed by atoms with Crippen molar-refractivity contribution in [3.8, 4) is 33.0 Å². The zero-order chi connectivity index (χ0) is 27.5. The molecule has 10 heteroatoms. The molecule has 1 atom stereocenters. The van der Waals surface area contributed by atoms with Crippen LogP contribution >= 0.6 is 11.3 Å². The third-order valence-corrected chi connectivity index (χ3v) is 7.89. The van der Waals surface area contributed by atoms with E-state index < -0.39 is 6.03 Å². The number of urea groups is 1. The average Bonchev–Trinajstić information content (AvgIpc) is 3.63. The van der Waals surface area contributed by atoms with Gasteiger partial charge in [-0.15, -0.1) is 10.2 Å². The van der Waals surface area contributed by atoms with Gasteiger partial charge in [-0.25, -0.2) is 4.79 Å². The maximum absolute atomic E-state index is 12.2. The van der Waals surface area contributed by atoms with Crippen molar-refractivity contribution in [2.45, 2.75) is 19.0 Å². The number of amides is 2. The minimum atomic E-state index is -0.440. The number of primary amides is 1. The molecule has 6 rings (SSSR count). The van der Waals surface area contributed by atoms with Crippen molar-refractivity contribution in [2.75, 3.05) is 23.7 Å². The summed E-state index contributed by atoms with van der Waals surface area (Å²) in [6.45, 7) is 2.43. The lowest BCUT2D eigenvalue weighted by atomic mass is 9.97. The second-order valence-corrected chi connectivity index (χ2v) is 10.7. The lowest BCUT2D eigenvalue weighted by molar-refractivity contribution is 0.251. The number of hydrogen-bond acceptors (Lipinski definition) is 8. The van der Waals surface area contributed by atoms with Crippen LogP contribution in [0.15, 0.2) is 91.4 Å². The molecule has 4 heterocycles. The summed E-state index contributed by atoms with van der Waals surface area (Å²) in [7, 11) is 0. The fraction of sp³-hybridized carbons (Fsp3) is 0.167. The number of benzene rings is 2. The van der Waals surface area contributed by atoms with E-state index in [0.29, 0.717) is 5.13 Å². The van der Waals surface area contributed by atoms with E-state index in [1.165, 1.54) is 16.9 Å². The normalized spacial score (nSPS) is 15.2. The maximum Gasteiger partial charge on any atom is 0.319 e. The number of nitrogens with zero attached hydrogens (tertiary/aromatic N) is 6. The Balaban J connectivity index is 1.21. The van der Waals surface area contributed by atoms with Crippen LogP contribution in [-0.4, -0.2) is 50.2 Å². The summed E-state index contributed by atoms with van der Waals surface area (Å²) in [4.78, 5) is 25.2. The van der Waals surface area contributed by atoms with E-state index in [1.54, 1.807) is 17.3 Å². The number of hydrogen-bond donors (Lipinski definition) is 2. The molecule has 0 bridgehead atoms. The average molecular weight is 549 g/mol. The first-order valence-electron chi connectivity index (χ1n) is 13.0. The minimum Gasteiger partial charge on any atom is -0.374 e. The Bertz CT molecular complexity index is 1610. The van der Waals surface area contributed by atoms with E-state index in [4.69, 9.17) is 16.5 Å². The molecular formula is C30H28N8OS. The van der Waals surface area contributed by atoms with E-state index in [0.717, 1.165) is 64.7 Å². The molecule has 40 heavy (non-hydrogen) atoms. The van der Waals surface area contributed by atoms with E-state index in [9.17, 15) is 4.79 Å². The Morgan fingerprint density at radius 2 is 1.75 bits per heavy atom. The third kappa shape index (κ3) is 5.40. The fourth-order valence-corrected chi connectivity index (χ4v) is 5.81. The van der Waals surface area contributed by atoms with Gasteiger partial charge in [-0.1, -0.05) is 65.9 Å². The fourth-order valence-electron chi connectivity index (χ4n) is 5.22. The Labute approximate surface area is 236 Å². The highest BCUT2D eigenvalue weighted by Gasteiger charge is 2.30. The molecule has 3 aromatic heterocycles. The predicted molar refractivity (Wildman–Crippen MR) is 158 cm³/mol. The van der Waals surface area contributed by atoms with E-state index in [-0.39, 0.29) is 6.04 Å². The molecule has 1 fully saturated rings. The molecule has 2 amide bonds. The van der Waals surface area contributed by atoms with Crippen molar-refractivity contribution in [2.24, 2.45) is 5.73 Å². The van der Waals surface area contributed by atoms with Gasteiger partial charge in [-0.2, -0.15) is 0 Å². The Morgan fingerprint density at radius 1 is 0.975 bits per heavy atom. The van der Waals surface area contributed by atoms with Gasteiger partial charge in [0.15, 0.2) is 5.01 Å². The zero-order valence-electron chi connectivity index (χ0n) is 21.7. The smallest absolute Gasteiger partial charge is 0.319 e. The van der Waals surface area contributed by atoms with Crippen molar-refractivity contribution in [1.82, 2.24) is 25.1 Å². The van der Waals surface area contributed by atoms with Crippen LogP contribution in [0.4, 0.5) is 15.6 Å². The lowest BCUT2D eigenvalue weighted by Gasteiger charge is -2.27. The highest BCUT2D eigenvalue weighted by Crippen LogP contribution is 2.35. The van der Waals surface area contributed by atoms with Crippen LogP contribution in [0, 0.1) is 0 Å². The molecular weight excluding hydrogens is 520 g/mol. The SMILES string of the molecule is NC(=O)N(c1ccncc1)[C@@H]1CCN(Cc2ccc(-c3ncc(-c4nnc(N)s4)cc3-c3ccccc3)cc2)C1. The molecule has 0 radical (unpaired) electrons. The first-order chi connectivity index (χ1) is 19.5. The van der Waals surface area contributed by atoms with Gasteiger partial charge in [0.1, 0.15) is 0 Å². The number of nitrogen functional groups attached to an aromatic ring is 1. The van der Waals surface area contributed by atoms with Crippen LogP contribution in [0.1, 0.15) is 12.0 Å². The monoisotopic (exact) mass is 548 g/mol. The number of nitrogens with two attached hydrogens (primary N) is 2. The number of aromatic nitrogens is 4. The van der Waals surface area contributed by atoms with E-state index >= 15 is 0 Å². The predicted octanol–water partition coefficient (Wildman–Crippen LogP) is 5.07. The van der Waals surface area contributed by atoms with Crippen molar-refractivity contribution < 1.29 is 4.79 Å². The van der Waals surface area contributed by atoms with Gasteiger partial charge in [0.25, 0.3) is 0 Å². The molecule has 0 unspecified atom stereocenters. The Hall–Kier alpha value is -4.67. The number of pyridine rings is 2. The summed E-state index contributed by atoms with van der Waals surface area (Å²) in [5.74, 6) is 0. The van der Waals surface area contributed by atoms with Gasteiger partial charge in [0, 0.05) is 60.6 Å². The number of carbonyl (C=O) groups excluding carboxylic acids is 1. The van der Waals surface area contributed by atoms with Crippen LogP contribution in [0.25, 0.3) is 33.0 Å². The number of likely N-dealkylation sites (tertiary alicyclic amines) is 1. The number of rotatable bonds is 7. The molecule has 1 aliphatic rings. The highest BCUT2D eigenvalue weighted by atomic mass is 32.1. The van der Waals surface area contributed by atoms with Gasteiger partial charge in [-0.3, -0.25) is 19.8 Å². The molecule has 1 aliphatic heterocycles. The molecule has 1 saturated heterocycles. The molecule has 0 aliphatic carbocycles. The quantitative estimate of drug-likeness (QED) is 0.291. The first kappa shape index (κ1) is 25.6. The van der Waals surface area contributed by atoms with Crippen molar-refractivity contribution in [1.29, 1.82) is 0 Å². The minimum absolute atomic E-state index is 0.0266. The molecule has 0 saturated carbocycles. The van der Waals surface area contributed by atoms with Gasteiger partial charge in [-0.05, 0) is 35.7 Å². The zero-order valence-corrected chi connectivity index (χ0v) is 22.5. The first-order valence-corrected chi connectivity index (χ1v) is 13.8. The lowest BCUT2D eigenvalue weighted by Crippen LogP contribution is -2.45. The third-order valence-electron chi connectivity index (χ3n) is 7.08. The summed E-state index contributed by atoms with van der Waals surface area (Å²) in [6, 6.07) is 24.1. The van der Waals surface area contributed by atoms with Crippen molar-refractivity contribution in [3.05, 3.63) is 97.0 Å². The van der Waals surface area contributed by atoms with Gasteiger partial charge in [0.05, 0.1) is 11.7 Å². The standard InChI is InChI=1S/C30H28N8OS/c31-29-36-35-28(40-29)23-16-26(21-4-2-1-3-5-21)27(34-17-23)22-8-6-20(7-9-22)18-37-15-12-25(19-37)38(30(32)39)24-10-13-33-14-11-24/h1-11,13-14,16-17,25H,12,15,18-19H2,(H2,31,36)(H2,32,39)/t25-/m1/s1. The van der Waals surface area contributed by atoms with E-state index in [1.807, 2.05) is 36.5 Å². The van der Waals surface area contributed by atoms with Gasteiger partial charge >= 0.3 is 6.03 Å². The van der Waals surface area contributed by atoms with Crippen LogP contribution < -0.4 is 16.4 Å². The van der Waals surface area contributed by atoms with Crippen LogP contribution in [-0.2, 0) is 6.54 Å². The molecule has 9 nitrogen and oxygen atoms in total. The summed E-state index contributed by atoms with van der Waals surface area (Å²) in [5.41, 5.74) is 18.4. The van der Waals surface area contributed by atoms with Crippen LogP contribution in [0.5, 0.6) is 0 Å². The Morgan fingerprint density at radius 3 is 2.45 bits per heavy atom. The Kier molecular flexibility index (Phi) is 7.17. The molecule has 200 valence electrons. The van der Waals surface area contributed by atoms with Crippen molar-refractivity contribution in [3.63, 3.8) is 0 Å². The highest BCUT2D eigenvalue weighted by molar-refractivity contribution is 7.18. The van der Waals surface area contributed by atoms with E-state index in [2.05, 4.69) is 62.5 Å². The van der Waals surface area contributed by atoms with Crippen LogP contribution in [0.2, 0.25) is 0 Å². The largest absolute Gasteiger partial charge is 0.374 e. The second-order valence-electron chi connectivity index (χ2n) is 9.72. The van der Waals surface area contributed by atoms with Gasteiger partial charge in [0.2, 0.25) is 5.13 Å². The number of carbonyl (C=O) groups is 1. The summed E-state index contributed by atoms with van der Waals surface area (Å²) in [6.07, 6.45) is 6.04. The summed E-state index contributed by atoms with van der Waals surface area (Å²) in [5, 5.41) is 9.32. The molecule has 2 aromatic carbocycles. The summed E-state index contributed by atoms with van der Waals surface area (Å²) < 4.78 is 0. The molecule has 5 aromatic rings. The molecule has 0 spiro atoms. The topological polar surface area (TPSA) is 127 Å². The number of anilines is 2.